The molecule has 0 amide bonds. The molecule has 2 aliphatic rings. The zero-order chi connectivity index (χ0) is 19.3. The van der Waals surface area contributed by atoms with Gasteiger partial charge in [-0.25, -0.2) is 0 Å². The molecule has 142 valence electrons. The quantitative estimate of drug-likeness (QED) is 0.576. The summed E-state index contributed by atoms with van der Waals surface area (Å²) in [7, 11) is -2.53. The third kappa shape index (κ3) is 2.83. The molecule has 0 saturated heterocycles. The average Bonchev–Trinajstić information content (AvgIpc) is 3.33. The predicted octanol–water partition coefficient (Wildman–Crippen LogP) is 4.18. The van der Waals surface area contributed by atoms with E-state index in [0.29, 0.717) is 11.8 Å². The fraction of sp³-hybridized carbons (Fsp3) is 0.458. The van der Waals surface area contributed by atoms with E-state index >= 15 is 0 Å². The van der Waals surface area contributed by atoms with Gasteiger partial charge >= 0.3 is 0 Å². The lowest BCUT2D eigenvalue weighted by Gasteiger charge is -2.45. The van der Waals surface area contributed by atoms with Gasteiger partial charge in [0.25, 0.3) is 8.32 Å². The second kappa shape index (κ2) is 6.42. The van der Waals surface area contributed by atoms with E-state index < -0.39 is 8.32 Å². The van der Waals surface area contributed by atoms with Gasteiger partial charge in [-0.05, 0) is 40.1 Å². The molecule has 3 heteroatoms. The number of fused-ring (bicyclic) bond motifs is 1. The van der Waals surface area contributed by atoms with Gasteiger partial charge in [-0.15, -0.1) is 0 Å². The minimum absolute atomic E-state index is 0.0173. The summed E-state index contributed by atoms with van der Waals surface area (Å²) in [5, 5.41) is 2.62. The highest BCUT2D eigenvalue weighted by Crippen LogP contribution is 2.65. The first kappa shape index (κ1) is 18.6. The van der Waals surface area contributed by atoms with E-state index in [2.05, 4.69) is 88.4 Å². The van der Waals surface area contributed by atoms with E-state index in [1.807, 2.05) is 0 Å². The largest absolute Gasteiger partial charge is 0.404 e. The highest BCUT2D eigenvalue weighted by Gasteiger charge is 2.66. The predicted molar refractivity (Wildman–Crippen MR) is 113 cm³/mol. The second-order valence-electron chi connectivity index (χ2n) is 9.54. The van der Waals surface area contributed by atoms with Crippen molar-refractivity contribution in [2.45, 2.75) is 51.7 Å². The molecule has 2 aromatic carbocycles. The monoisotopic (exact) mass is 378 g/mol. The van der Waals surface area contributed by atoms with Crippen molar-refractivity contribution in [2.24, 2.45) is 17.3 Å². The number of rotatable bonds is 5. The van der Waals surface area contributed by atoms with Crippen LogP contribution in [0.1, 0.15) is 40.5 Å². The fourth-order valence-corrected chi connectivity index (χ4v) is 10.1. The lowest BCUT2D eigenvalue weighted by atomic mass is 10.0. The first-order valence-electron chi connectivity index (χ1n) is 10.1. The van der Waals surface area contributed by atoms with Gasteiger partial charge in [0, 0.05) is 11.5 Å². The van der Waals surface area contributed by atoms with E-state index in [-0.39, 0.29) is 16.6 Å². The van der Waals surface area contributed by atoms with Crippen molar-refractivity contribution in [3.8, 4) is 0 Å². The molecule has 0 aromatic heterocycles. The van der Waals surface area contributed by atoms with Crippen LogP contribution in [0.15, 0.2) is 60.7 Å². The Bertz CT molecular complexity index is 772. The van der Waals surface area contributed by atoms with E-state index in [1.54, 1.807) is 0 Å². The standard InChI is InChI=1S/C24H30O2Si/c1-18-21-15-24(21,17-25)16-22(18)26-27(23(2,3)4,19-11-7-5-8-12-19)20-13-9-6-10-14-20/h5-14,17-18,21-22H,15-16H2,1-4H3/t18-,21-,22-,24+/m1/s1. The summed E-state index contributed by atoms with van der Waals surface area (Å²) in [6.07, 6.45) is 3.30. The van der Waals surface area contributed by atoms with Gasteiger partial charge in [0.2, 0.25) is 0 Å². The summed E-state index contributed by atoms with van der Waals surface area (Å²) in [6.45, 7) is 9.23. The lowest BCUT2D eigenvalue weighted by Crippen LogP contribution is -2.68. The topological polar surface area (TPSA) is 26.3 Å². The van der Waals surface area contributed by atoms with Crippen LogP contribution in [0.5, 0.6) is 0 Å². The molecular formula is C24H30O2Si. The Morgan fingerprint density at radius 1 is 0.963 bits per heavy atom. The van der Waals surface area contributed by atoms with Gasteiger partial charge in [0.05, 0.1) is 0 Å². The summed E-state index contributed by atoms with van der Waals surface area (Å²) in [5.74, 6) is 0.954. The van der Waals surface area contributed by atoms with Crippen molar-refractivity contribution < 1.29 is 9.22 Å². The molecule has 2 aliphatic carbocycles. The van der Waals surface area contributed by atoms with E-state index in [4.69, 9.17) is 4.43 Å². The smallest absolute Gasteiger partial charge is 0.261 e. The van der Waals surface area contributed by atoms with Crippen LogP contribution in [0.3, 0.4) is 0 Å². The molecule has 0 bridgehead atoms. The van der Waals surface area contributed by atoms with Gasteiger partial charge in [0.15, 0.2) is 0 Å². The van der Waals surface area contributed by atoms with Crippen molar-refractivity contribution in [3.63, 3.8) is 0 Å². The van der Waals surface area contributed by atoms with Crippen molar-refractivity contribution >= 4 is 25.0 Å². The summed E-state index contributed by atoms with van der Waals surface area (Å²) >= 11 is 0. The fourth-order valence-electron chi connectivity index (χ4n) is 5.37. The second-order valence-corrected chi connectivity index (χ2v) is 13.8. The number of hydrogen-bond donors (Lipinski definition) is 0. The number of aldehydes is 1. The zero-order valence-corrected chi connectivity index (χ0v) is 17.8. The first-order chi connectivity index (χ1) is 12.8. The van der Waals surface area contributed by atoms with Crippen molar-refractivity contribution in [1.82, 2.24) is 0 Å². The Hall–Kier alpha value is -1.71. The molecule has 0 spiro atoms. The van der Waals surface area contributed by atoms with Crippen LogP contribution in [0, 0.1) is 17.3 Å². The maximum absolute atomic E-state index is 11.7. The third-order valence-corrected chi connectivity index (χ3v) is 12.0. The molecule has 4 rings (SSSR count). The number of carbonyl (C=O) groups excluding carboxylic acids is 1. The van der Waals surface area contributed by atoms with Gasteiger partial charge in [-0.2, -0.15) is 0 Å². The van der Waals surface area contributed by atoms with Crippen LogP contribution in [0.2, 0.25) is 5.04 Å². The lowest BCUT2D eigenvalue weighted by molar-refractivity contribution is -0.112. The molecular weight excluding hydrogens is 348 g/mol. The summed E-state index contributed by atoms with van der Waals surface area (Å²) in [6, 6.07) is 21.6. The van der Waals surface area contributed by atoms with Gasteiger partial charge in [-0.1, -0.05) is 88.4 Å². The van der Waals surface area contributed by atoms with E-state index in [1.165, 1.54) is 16.7 Å². The van der Waals surface area contributed by atoms with Crippen molar-refractivity contribution in [3.05, 3.63) is 60.7 Å². The molecule has 2 aromatic rings. The summed E-state index contributed by atoms with van der Waals surface area (Å²) < 4.78 is 7.26. The third-order valence-electron chi connectivity index (χ3n) is 6.96. The molecule has 0 N–H and O–H groups in total. The molecule has 2 nitrogen and oxygen atoms in total. The van der Waals surface area contributed by atoms with Gasteiger partial charge < -0.3 is 9.22 Å². The Labute approximate surface area is 164 Å². The molecule has 0 heterocycles. The molecule has 27 heavy (non-hydrogen) atoms. The van der Waals surface area contributed by atoms with Crippen LogP contribution in [-0.2, 0) is 9.22 Å². The molecule has 4 atom stereocenters. The zero-order valence-electron chi connectivity index (χ0n) is 16.8. The Balaban J connectivity index is 1.82. The minimum atomic E-state index is -2.53. The maximum atomic E-state index is 11.7. The van der Waals surface area contributed by atoms with Gasteiger partial charge in [0.1, 0.15) is 6.29 Å². The molecule has 0 radical (unpaired) electrons. The molecule has 0 aliphatic heterocycles. The van der Waals surface area contributed by atoms with E-state index in [0.717, 1.165) is 12.8 Å². The first-order valence-corrected chi connectivity index (χ1v) is 12.0. The normalized spacial score (nSPS) is 30.0. The Morgan fingerprint density at radius 3 is 1.89 bits per heavy atom. The number of hydrogen-bond acceptors (Lipinski definition) is 2. The maximum Gasteiger partial charge on any atom is 0.261 e. The average molecular weight is 379 g/mol. The summed E-state index contributed by atoms with van der Waals surface area (Å²) in [5.41, 5.74) is -0.102. The number of benzene rings is 2. The van der Waals surface area contributed by atoms with Crippen LogP contribution in [0.25, 0.3) is 0 Å². The SMILES string of the molecule is C[C@@H]1[C@H]2C[C@@]2(C=O)C[C@H]1O[Si](c1ccccc1)(c1ccccc1)C(C)(C)C. The van der Waals surface area contributed by atoms with Crippen LogP contribution < -0.4 is 10.4 Å². The highest BCUT2D eigenvalue weighted by atomic mass is 28.4. The molecule has 2 fully saturated rings. The van der Waals surface area contributed by atoms with Crippen molar-refractivity contribution in [2.75, 3.05) is 0 Å². The molecule has 0 unspecified atom stereocenters. The highest BCUT2D eigenvalue weighted by molar-refractivity contribution is 6.99. The van der Waals surface area contributed by atoms with Crippen LogP contribution in [0.4, 0.5) is 0 Å². The van der Waals surface area contributed by atoms with Crippen molar-refractivity contribution in [1.29, 1.82) is 0 Å². The van der Waals surface area contributed by atoms with Crippen LogP contribution in [-0.4, -0.2) is 20.7 Å². The minimum Gasteiger partial charge on any atom is -0.404 e. The Kier molecular flexibility index (Phi) is 4.43. The van der Waals surface area contributed by atoms with Gasteiger partial charge in [-0.3, -0.25) is 0 Å². The van der Waals surface area contributed by atoms with E-state index in [9.17, 15) is 4.79 Å². The Morgan fingerprint density at radius 2 is 1.48 bits per heavy atom. The molecule has 2 saturated carbocycles. The van der Waals surface area contributed by atoms with Crippen LogP contribution >= 0.6 is 0 Å². The number of carbonyl (C=O) groups is 1. The summed E-state index contributed by atoms with van der Waals surface area (Å²) in [4.78, 5) is 11.7.